The molecular formula is C19H23NO2S. The van der Waals surface area contributed by atoms with E-state index in [1.54, 1.807) is 12.1 Å². The predicted molar refractivity (Wildman–Crippen MR) is 95.7 cm³/mol. The van der Waals surface area contributed by atoms with Crippen molar-refractivity contribution in [1.29, 1.82) is 0 Å². The summed E-state index contributed by atoms with van der Waals surface area (Å²) in [4.78, 5) is 0.326. The van der Waals surface area contributed by atoms with Crippen LogP contribution in [0.25, 0.3) is 6.08 Å². The number of unbranched alkanes of at least 4 members (excludes halogenated alkanes) is 2. The molecule has 23 heavy (non-hydrogen) atoms. The van der Waals surface area contributed by atoms with E-state index in [0.717, 1.165) is 24.8 Å². The molecule has 0 unspecified atom stereocenters. The summed E-state index contributed by atoms with van der Waals surface area (Å²) in [6.07, 6.45) is 6.95. The van der Waals surface area contributed by atoms with Crippen LogP contribution < -0.4 is 4.72 Å². The van der Waals surface area contributed by atoms with Gasteiger partial charge in [0.25, 0.3) is 0 Å². The minimum Gasteiger partial charge on any atom is -0.211 e. The van der Waals surface area contributed by atoms with Gasteiger partial charge in [-0.1, -0.05) is 60.2 Å². The minimum absolute atomic E-state index is 0.326. The molecule has 0 radical (unpaired) electrons. The Labute approximate surface area is 139 Å². The Kier molecular flexibility index (Phi) is 6.56. The van der Waals surface area contributed by atoms with Crippen molar-refractivity contribution < 1.29 is 8.42 Å². The highest BCUT2D eigenvalue weighted by Gasteiger charge is 2.12. The molecule has 0 amide bonds. The minimum atomic E-state index is -3.38. The van der Waals surface area contributed by atoms with Gasteiger partial charge >= 0.3 is 0 Å². The molecule has 0 aromatic heterocycles. The van der Waals surface area contributed by atoms with Crippen LogP contribution in [0.2, 0.25) is 0 Å². The maximum Gasteiger partial charge on any atom is 0.240 e. The molecule has 0 spiro atoms. The fraction of sp³-hybridized carbons (Fsp3) is 0.263. The maximum absolute atomic E-state index is 12.1. The molecule has 3 nitrogen and oxygen atoms in total. The molecule has 2 rings (SSSR count). The van der Waals surface area contributed by atoms with Gasteiger partial charge in [-0.2, -0.15) is 0 Å². The third-order valence-electron chi connectivity index (χ3n) is 3.53. The lowest BCUT2D eigenvalue weighted by molar-refractivity contribution is 0.577. The average molecular weight is 329 g/mol. The first-order valence-electron chi connectivity index (χ1n) is 7.86. The summed E-state index contributed by atoms with van der Waals surface area (Å²) in [6.45, 7) is 2.40. The van der Waals surface area contributed by atoms with E-state index >= 15 is 0 Å². The first-order valence-corrected chi connectivity index (χ1v) is 9.34. The highest BCUT2D eigenvalue weighted by atomic mass is 32.2. The van der Waals surface area contributed by atoms with Crippen molar-refractivity contribution in [1.82, 2.24) is 4.72 Å². The molecular weight excluding hydrogens is 306 g/mol. The van der Waals surface area contributed by atoms with Crippen LogP contribution >= 0.6 is 0 Å². The number of allylic oxidation sites excluding steroid dienone is 1. The van der Waals surface area contributed by atoms with Crippen LogP contribution in [0.15, 0.2) is 65.6 Å². The monoisotopic (exact) mass is 329 g/mol. The Bertz CT molecular complexity index is 720. The Morgan fingerprint density at radius 3 is 2.35 bits per heavy atom. The van der Waals surface area contributed by atoms with Crippen molar-refractivity contribution in [2.75, 3.05) is 6.54 Å². The number of sulfonamides is 1. The molecule has 0 saturated carbocycles. The van der Waals surface area contributed by atoms with Crippen molar-refractivity contribution in [3.8, 4) is 0 Å². The second kappa shape index (κ2) is 8.65. The van der Waals surface area contributed by atoms with Gasteiger partial charge in [-0.25, -0.2) is 13.1 Å². The highest BCUT2D eigenvalue weighted by molar-refractivity contribution is 7.89. The molecule has 0 aliphatic heterocycles. The third-order valence-corrected chi connectivity index (χ3v) is 5.01. The Balaban J connectivity index is 1.69. The summed E-state index contributed by atoms with van der Waals surface area (Å²) in [7, 11) is -3.38. The number of aryl methyl sites for hydroxylation is 1. The molecule has 0 atom stereocenters. The number of hydrogen-bond acceptors (Lipinski definition) is 2. The SMILES string of the molecule is Cc1ccc(S(=O)(=O)NCCCC/C=C/c2ccccc2)cc1. The molecule has 2 aromatic rings. The lowest BCUT2D eigenvalue weighted by Gasteiger charge is -2.06. The first-order chi connectivity index (χ1) is 11.1. The Hall–Kier alpha value is -1.91. The summed E-state index contributed by atoms with van der Waals surface area (Å²) >= 11 is 0. The zero-order valence-corrected chi connectivity index (χ0v) is 14.2. The van der Waals surface area contributed by atoms with Crippen molar-refractivity contribution in [3.05, 3.63) is 71.8 Å². The van der Waals surface area contributed by atoms with E-state index in [-0.39, 0.29) is 0 Å². The molecule has 0 aliphatic rings. The summed E-state index contributed by atoms with van der Waals surface area (Å²) in [5.41, 5.74) is 2.24. The number of benzene rings is 2. The quantitative estimate of drug-likeness (QED) is 0.739. The summed E-state index contributed by atoms with van der Waals surface area (Å²) in [5, 5.41) is 0. The Morgan fingerprint density at radius 1 is 0.957 bits per heavy atom. The molecule has 122 valence electrons. The van der Waals surface area contributed by atoms with Gasteiger partial charge < -0.3 is 0 Å². The van der Waals surface area contributed by atoms with Crippen LogP contribution in [-0.2, 0) is 10.0 Å². The zero-order chi connectivity index (χ0) is 16.5. The zero-order valence-electron chi connectivity index (χ0n) is 13.4. The lowest BCUT2D eigenvalue weighted by Crippen LogP contribution is -2.24. The first kappa shape index (κ1) is 17.4. The molecule has 0 saturated heterocycles. The molecule has 0 aliphatic carbocycles. The highest BCUT2D eigenvalue weighted by Crippen LogP contribution is 2.10. The fourth-order valence-electron chi connectivity index (χ4n) is 2.18. The topological polar surface area (TPSA) is 46.2 Å². The van der Waals surface area contributed by atoms with Gasteiger partial charge in [0.05, 0.1) is 4.90 Å². The summed E-state index contributed by atoms with van der Waals surface area (Å²) < 4.78 is 26.8. The number of nitrogens with one attached hydrogen (secondary N) is 1. The van der Waals surface area contributed by atoms with Gasteiger partial charge in [-0.3, -0.25) is 0 Å². The number of hydrogen-bond donors (Lipinski definition) is 1. The third kappa shape index (κ3) is 6.00. The number of rotatable bonds is 8. The fourth-order valence-corrected chi connectivity index (χ4v) is 3.25. The van der Waals surface area contributed by atoms with Gasteiger partial charge in [-0.05, 0) is 43.9 Å². The van der Waals surface area contributed by atoms with Crippen molar-refractivity contribution in [2.24, 2.45) is 0 Å². The predicted octanol–water partition coefficient (Wildman–Crippen LogP) is 4.16. The average Bonchev–Trinajstić information content (AvgIpc) is 2.55. The standard InChI is InChI=1S/C19H23NO2S/c1-17-12-14-19(15-13-17)23(21,22)20-16-8-3-2-5-9-18-10-6-4-7-11-18/h4-7,9-15,20H,2-3,8,16H2,1H3/b9-5+. The largest absolute Gasteiger partial charge is 0.240 e. The molecule has 0 fully saturated rings. The van der Waals surface area contributed by atoms with E-state index in [2.05, 4.69) is 29.0 Å². The van der Waals surface area contributed by atoms with Crippen molar-refractivity contribution >= 4 is 16.1 Å². The van der Waals surface area contributed by atoms with E-state index < -0.39 is 10.0 Å². The molecule has 0 bridgehead atoms. The van der Waals surface area contributed by atoms with Crippen LogP contribution in [0, 0.1) is 6.92 Å². The van der Waals surface area contributed by atoms with E-state index in [4.69, 9.17) is 0 Å². The smallest absolute Gasteiger partial charge is 0.211 e. The Morgan fingerprint density at radius 2 is 1.65 bits per heavy atom. The second-order valence-electron chi connectivity index (χ2n) is 5.52. The van der Waals surface area contributed by atoms with Crippen LogP contribution in [0.1, 0.15) is 30.4 Å². The molecule has 2 aromatic carbocycles. The van der Waals surface area contributed by atoms with E-state index in [0.29, 0.717) is 11.4 Å². The van der Waals surface area contributed by atoms with Gasteiger partial charge in [0, 0.05) is 6.54 Å². The van der Waals surface area contributed by atoms with E-state index in [9.17, 15) is 8.42 Å². The van der Waals surface area contributed by atoms with Gasteiger partial charge in [0.2, 0.25) is 10.0 Å². The molecule has 1 N–H and O–H groups in total. The molecule has 4 heteroatoms. The molecule has 0 heterocycles. The van der Waals surface area contributed by atoms with E-state index in [1.807, 2.05) is 37.3 Å². The van der Waals surface area contributed by atoms with Crippen molar-refractivity contribution in [3.63, 3.8) is 0 Å². The summed E-state index contributed by atoms with van der Waals surface area (Å²) in [6, 6.07) is 17.0. The normalized spacial score (nSPS) is 11.9. The van der Waals surface area contributed by atoms with Crippen molar-refractivity contribution in [2.45, 2.75) is 31.1 Å². The van der Waals surface area contributed by atoms with Crippen LogP contribution in [0.3, 0.4) is 0 Å². The second-order valence-corrected chi connectivity index (χ2v) is 7.29. The van der Waals surface area contributed by atoms with Crippen LogP contribution in [0.4, 0.5) is 0 Å². The van der Waals surface area contributed by atoms with Gasteiger partial charge in [-0.15, -0.1) is 0 Å². The van der Waals surface area contributed by atoms with E-state index in [1.165, 1.54) is 5.56 Å². The van der Waals surface area contributed by atoms with Gasteiger partial charge in [0.1, 0.15) is 0 Å². The van der Waals surface area contributed by atoms with Crippen LogP contribution in [-0.4, -0.2) is 15.0 Å². The lowest BCUT2D eigenvalue weighted by atomic mass is 10.1. The van der Waals surface area contributed by atoms with Gasteiger partial charge in [0.15, 0.2) is 0 Å². The van der Waals surface area contributed by atoms with Crippen LogP contribution in [0.5, 0.6) is 0 Å². The maximum atomic E-state index is 12.1. The summed E-state index contributed by atoms with van der Waals surface area (Å²) in [5.74, 6) is 0.